The van der Waals surface area contributed by atoms with Gasteiger partial charge in [-0.05, 0) is 20.8 Å². The van der Waals surface area contributed by atoms with Crippen molar-refractivity contribution in [2.75, 3.05) is 0 Å². The van der Waals surface area contributed by atoms with Crippen LogP contribution in [0.3, 0.4) is 0 Å². The molecule has 2 rings (SSSR count). The van der Waals surface area contributed by atoms with E-state index in [0.717, 1.165) is 22.1 Å². The number of fused-ring (bicyclic) bond motifs is 1. The first kappa shape index (κ1) is 10.5. The lowest BCUT2D eigenvalue weighted by Crippen LogP contribution is -2.44. The molecular formula is C9H14N4OS. The highest BCUT2D eigenvalue weighted by atomic mass is 32.1. The van der Waals surface area contributed by atoms with Crippen molar-refractivity contribution in [1.29, 1.82) is 0 Å². The van der Waals surface area contributed by atoms with Crippen molar-refractivity contribution in [2.45, 2.75) is 27.0 Å². The highest BCUT2D eigenvalue weighted by Crippen LogP contribution is 2.28. The van der Waals surface area contributed by atoms with E-state index < -0.39 is 6.23 Å². The zero-order chi connectivity index (χ0) is 11.2. The van der Waals surface area contributed by atoms with E-state index >= 15 is 0 Å². The van der Waals surface area contributed by atoms with E-state index in [2.05, 4.69) is 23.2 Å². The van der Waals surface area contributed by atoms with E-state index in [1.165, 1.54) is 0 Å². The van der Waals surface area contributed by atoms with Gasteiger partial charge < -0.3 is 5.11 Å². The molecule has 82 valence electrons. The van der Waals surface area contributed by atoms with Gasteiger partial charge in [0.25, 0.3) is 0 Å². The average molecular weight is 226 g/mol. The topological polar surface area (TPSA) is 51.1 Å². The Balaban J connectivity index is 2.34. The molecule has 0 aromatic heterocycles. The summed E-state index contributed by atoms with van der Waals surface area (Å²) in [6.07, 6.45) is 1.14. The summed E-state index contributed by atoms with van der Waals surface area (Å²) >= 11 is 4.41. The molecule has 2 heterocycles. The van der Waals surface area contributed by atoms with E-state index in [-0.39, 0.29) is 0 Å². The molecule has 0 aliphatic carbocycles. The van der Waals surface area contributed by atoms with Gasteiger partial charge in [-0.25, -0.2) is 10.0 Å². The maximum atomic E-state index is 9.42. The zero-order valence-corrected chi connectivity index (χ0v) is 9.79. The van der Waals surface area contributed by atoms with Crippen LogP contribution in [-0.4, -0.2) is 27.1 Å². The number of thiol groups is 1. The van der Waals surface area contributed by atoms with Gasteiger partial charge in [-0.1, -0.05) is 0 Å². The van der Waals surface area contributed by atoms with Gasteiger partial charge in [-0.15, -0.1) is 18.2 Å². The van der Waals surface area contributed by atoms with E-state index in [4.69, 9.17) is 0 Å². The van der Waals surface area contributed by atoms with Gasteiger partial charge in [-0.2, -0.15) is 0 Å². The maximum absolute atomic E-state index is 9.42. The monoisotopic (exact) mass is 226 g/mol. The minimum atomic E-state index is -0.611. The molecule has 0 saturated carbocycles. The fourth-order valence-corrected chi connectivity index (χ4v) is 1.70. The maximum Gasteiger partial charge on any atom is 0.167 e. The normalized spacial score (nSPS) is 22.7. The molecule has 0 aromatic rings. The number of aliphatic hydroxyl groups excluding tert-OH is 1. The fraction of sp³-hybridized carbons (Fsp3) is 0.444. The zero-order valence-electron chi connectivity index (χ0n) is 8.89. The lowest BCUT2D eigenvalue weighted by Gasteiger charge is -2.28. The highest BCUT2D eigenvalue weighted by Gasteiger charge is 2.28. The van der Waals surface area contributed by atoms with Crippen LogP contribution in [0.5, 0.6) is 0 Å². The summed E-state index contributed by atoms with van der Waals surface area (Å²) in [5.74, 6) is 0.740. The Morgan fingerprint density at radius 3 is 2.80 bits per heavy atom. The van der Waals surface area contributed by atoms with Gasteiger partial charge in [0, 0.05) is 11.3 Å². The number of aliphatic imine (C=N–C) groups is 1. The number of rotatable bonds is 1. The van der Waals surface area contributed by atoms with Crippen molar-refractivity contribution in [1.82, 2.24) is 15.6 Å². The van der Waals surface area contributed by atoms with Crippen molar-refractivity contribution in [3.63, 3.8) is 0 Å². The number of hydrazine groups is 2. The molecule has 1 unspecified atom stereocenters. The summed E-state index contributed by atoms with van der Waals surface area (Å²) in [6.45, 7) is 5.58. The van der Waals surface area contributed by atoms with Crippen LogP contribution in [0.1, 0.15) is 20.8 Å². The van der Waals surface area contributed by atoms with E-state index in [1.807, 2.05) is 13.8 Å². The third-order valence-electron chi connectivity index (χ3n) is 2.47. The summed E-state index contributed by atoms with van der Waals surface area (Å²) in [6, 6.07) is 0. The lowest BCUT2D eigenvalue weighted by molar-refractivity contribution is -0.00554. The van der Waals surface area contributed by atoms with Crippen molar-refractivity contribution < 1.29 is 5.11 Å². The minimum Gasteiger partial charge on any atom is -0.372 e. The quantitative estimate of drug-likeness (QED) is 0.579. The first-order valence-corrected chi connectivity index (χ1v) is 5.15. The Kier molecular flexibility index (Phi) is 2.49. The summed E-state index contributed by atoms with van der Waals surface area (Å²) in [4.78, 5) is 4.39. The summed E-state index contributed by atoms with van der Waals surface area (Å²) in [5, 5.41) is 13.5. The molecule has 0 fully saturated rings. The predicted octanol–water partition coefficient (Wildman–Crippen LogP) is 0.797. The predicted molar refractivity (Wildman–Crippen MR) is 61.4 cm³/mol. The van der Waals surface area contributed by atoms with Gasteiger partial charge in [0.2, 0.25) is 0 Å². The Morgan fingerprint density at radius 1 is 1.53 bits per heavy atom. The van der Waals surface area contributed by atoms with Crippen molar-refractivity contribution in [2.24, 2.45) is 4.99 Å². The number of nitrogens with one attached hydrogen (secondary N) is 1. The second kappa shape index (κ2) is 3.55. The standard InChI is InChI=1S/C9H14N4OS/c1-5-6(2)10-8-4-12(7(3)14)11-13(8)9(5)15/h4,7,11,14-15H,1-3H3. The first-order valence-electron chi connectivity index (χ1n) is 4.71. The van der Waals surface area contributed by atoms with Crippen LogP contribution in [0.4, 0.5) is 0 Å². The first-order chi connectivity index (χ1) is 7.00. The third-order valence-corrected chi connectivity index (χ3v) is 3.01. The Morgan fingerprint density at radius 2 is 2.20 bits per heavy atom. The van der Waals surface area contributed by atoms with Crippen molar-refractivity contribution >= 4 is 18.3 Å². The number of allylic oxidation sites excluding steroid dienone is 1. The van der Waals surface area contributed by atoms with Crippen LogP contribution >= 0.6 is 12.6 Å². The van der Waals surface area contributed by atoms with Crippen LogP contribution < -0.4 is 5.53 Å². The Bertz CT molecular complexity index is 386. The summed E-state index contributed by atoms with van der Waals surface area (Å²) in [7, 11) is 0. The minimum absolute atomic E-state index is 0.611. The summed E-state index contributed by atoms with van der Waals surface area (Å²) in [5.41, 5.74) is 4.94. The van der Waals surface area contributed by atoms with Gasteiger partial charge in [0.05, 0.1) is 11.2 Å². The smallest absolute Gasteiger partial charge is 0.167 e. The molecule has 0 bridgehead atoms. The average Bonchev–Trinajstić information content (AvgIpc) is 2.58. The molecule has 0 amide bonds. The molecular weight excluding hydrogens is 212 g/mol. The van der Waals surface area contributed by atoms with Crippen molar-refractivity contribution in [3.8, 4) is 0 Å². The molecule has 0 radical (unpaired) electrons. The Hall–Kier alpha value is -0.980. The van der Waals surface area contributed by atoms with Crippen molar-refractivity contribution in [3.05, 3.63) is 22.6 Å². The van der Waals surface area contributed by atoms with Gasteiger partial charge in [0.15, 0.2) is 5.82 Å². The molecule has 2 N–H and O–H groups in total. The van der Waals surface area contributed by atoms with Crippen LogP contribution in [0.25, 0.3) is 0 Å². The lowest BCUT2D eigenvalue weighted by atomic mass is 10.2. The van der Waals surface area contributed by atoms with Crippen LogP contribution in [-0.2, 0) is 0 Å². The molecule has 6 heteroatoms. The number of nitrogens with zero attached hydrogens (tertiary/aromatic N) is 3. The summed E-state index contributed by atoms with van der Waals surface area (Å²) < 4.78 is 0. The highest BCUT2D eigenvalue weighted by molar-refractivity contribution is 7.84. The molecule has 2 aliphatic rings. The second-order valence-electron chi connectivity index (χ2n) is 3.61. The van der Waals surface area contributed by atoms with Crippen LogP contribution in [0, 0.1) is 0 Å². The van der Waals surface area contributed by atoms with Gasteiger partial charge in [0.1, 0.15) is 6.23 Å². The third kappa shape index (κ3) is 1.64. The van der Waals surface area contributed by atoms with E-state index in [0.29, 0.717) is 0 Å². The molecule has 5 nitrogen and oxygen atoms in total. The van der Waals surface area contributed by atoms with Crippen LogP contribution in [0.15, 0.2) is 27.6 Å². The van der Waals surface area contributed by atoms with Crippen LogP contribution in [0.2, 0.25) is 0 Å². The molecule has 15 heavy (non-hydrogen) atoms. The molecule has 1 atom stereocenters. The number of hydrogen-bond donors (Lipinski definition) is 3. The van der Waals surface area contributed by atoms with Gasteiger partial charge in [-0.3, -0.25) is 5.01 Å². The second-order valence-corrected chi connectivity index (χ2v) is 4.03. The number of hydrogen-bond acceptors (Lipinski definition) is 6. The van der Waals surface area contributed by atoms with Gasteiger partial charge >= 0.3 is 0 Å². The Labute approximate surface area is 94.1 Å². The largest absolute Gasteiger partial charge is 0.372 e. The molecule has 0 saturated heterocycles. The van der Waals surface area contributed by atoms with E-state index in [1.54, 1.807) is 23.1 Å². The number of aliphatic hydroxyl groups is 1. The van der Waals surface area contributed by atoms with E-state index in [9.17, 15) is 5.11 Å². The molecule has 2 aliphatic heterocycles. The molecule has 0 spiro atoms. The fourth-order valence-electron chi connectivity index (χ4n) is 1.39. The SMILES string of the molecule is CC1=NC2=CN(C(C)O)NN2C(S)=C1C. The molecule has 0 aromatic carbocycles.